The zero-order valence-corrected chi connectivity index (χ0v) is 13.8. The van der Waals surface area contributed by atoms with Crippen molar-refractivity contribution < 1.29 is 9.66 Å². The summed E-state index contributed by atoms with van der Waals surface area (Å²) >= 11 is 0. The van der Waals surface area contributed by atoms with Crippen molar-refractivity contribution in [1.29, 1.82) is 10.7 Å². The van der Waals surface area contributed by atoms with E-state index < -0.39 is 16.8 Å². The Kier molecular flexibility index (Phi) is 3.86. The number of fused-ring (bicyclic) bond motifs is 1. The van der Waals surface area contributed by atoms with Gasteiger partial charge < -0.3 is 4.74 Å². The van der Waals surface area contributed by atoms with Gasteiger partial charge in [-0.2, -0.15) is 5.26 Å². The molecule has 132 valence electrons. The van der Waals surface area contributed by atoms with Crippen molar-refractivity contribution in [2.24, 2.45) is 5.92 Å². The number of hydrogen-bond donors (Lipinski definition) is 2. The van der Waals surface area contributed by atoms with Gasteiger partial charge >= 0.3 is 0 Å². The fourth-order valence-corrected chi connectivity index (χ4v) is 3.22. The van der Waals surface area contributed by atoms with Crippen LogP contribution >= 0.6 is 0 Å². The lowest BCUT2D eigenvalue weighted by Gasteiger charge is -2.28. The van der Waals surface area contributed by atoms with E-state index in [2.05, 4.69) is 21.3 Å². The maximum atomic E-state index is 10.9. The minimum absolute atomic E-state index is 0.0225. The third-order valence-corrected chi connectivity index (χ3v) is 4.47. The van der Waals surface area contributed by atoms with Crippen LogP contribution in [0.15, 0.2) is 48.8 Å². The normalized spacial score (nSPS) is 18.3. The highest BCUT2D eigenvalue weighted by molar-refractivity contribution is 5.86. The first kappa shape index (κ1) is 16.4. The van der Waals surface area contributed by atoms with Gasteiger partial charge in [0, 0.05) is 36.0 Å². The molecule has 1 aliphatic heterocycles. The molecule has 1 aromatic carbocycles. The second kappa shape index (κ2) is 6.34. The van der Waals surface area contributed by atoms with Gasteiger partial charge in [-0.3, -0.25) is 25.6 Å². The Balaban J connectivity index is 1.88. The number of hydrogen-bond acceptors (Lipinski definition) is 7. The van der Waals surface area contributed by atoms with Gasteiger partial charge in [0.2, 0.25) is 11.8 Å². The summed E-state index contributed by atoms with van der Waals surface area (Å²) in [6.07, 6.45) is 3.24. The molecular formula is C18H12N6O3. The maximum Gasteiger partial charge on any atom is 0.269 e. The molecule has 0 saturated carbocycles. The Bertz CT molecular complexity index is 1070. The molecule has 0 saturated heterocycles. The molecule has 2 N–H and O–H groups in total. The van der Waals surface area contributed by atoms with Crippen LogP contribution in [0.5, 0.6) is 5.88 Å². The first-order valence-corrected chi connectivity index (χ1v) is 7.99. The number of nitrogens with one attached hydrogen (secondary N) is 2. The van der Waals surface area contributed by atoms with E-state index in [0.29, 0.717) is 16.8 Å². The molecule has 1 aliphatic rings. The van der Waals surface area contributed by atoms with Crippen molar-refractivity contribution in [3.05, 3.63) is 70.0 Å². The van der Waals surface area contributed by atoms with Gasteiger partial charge in [-0.25, -0.2) is 0 Å². The summed E-state index contributed by atoms with van der Waals surface area (Å²) in [5.41, 5.74) is 2.68. The van der Waals surface area contributed by atoms with Crippen molar-refractivity contribution in [2.45, 2.75) is 5.92 Å². The Labute approximate surface area is 152 Å². The number of benzene rings is 1. The summed E-state index contributed by atoms with van der Waals surface area (Å²) in [5.74, 6) is -1.25. The lowest BCUT2D eigenvalue weighted by atomic mass is 9.79. The van der Waals surface area contributed by atoms with Crippen LogP contribution in [-0.2, 0) is 0 Å². The molecule has 0 fully saturated rings. The predicted octanol–water partition coefficient (Wildman–Crippen LogP) is 3.02. The summed E-state index contributed by atoms with van der Waals surface area (Å²) in [6.45, 7) is 0. The summed E-state index contributed by atoms with van der Waals surface area (Å²) in [7, 11) is 0. The number of nitrogens with zero attached hydrogens (tertiary/aromatic N) is 4. The average Bonchev–Trinajstić information content (AvgIpc) is 3.10. The lowest BCUT2D eigenvalue weighted by molar-refractivity contribution is -0.384. The molecule has 0 amide bonds. The van der Waals surface area contributed by atoms with E-state index >= 15 is 0 Å². The Morgan fingerprint density at radius 2 is 1.93 bits per heavy atom. The van der Waals surface area contributed by atoms with E-state index in [0.717, 1.165) is 5.56 Å². The molecule has 2 aromatic heterocycles. The molecule has 0 spiro atoms. The van der Waals surface area contributed by atoms with Crippen LogP contribution in [-0.4, -0.2) is 26.0 Å². The lowest BCUT2D eigenvalue weighted by Crippen LogP contribution is -2.30. The van der Waals surface area contributed by atoms with Gasteiger partial charge in [0.25, 0.3) is 5.69 Å². The molecule has 0 aliphatic carbocycles. The summed E-state index contributed by atoms with van der Waals surface area (Å²) < 4.78 is 5.45. The van der Waals surface area contributed by atoms with Crippen molar-refractivity contribution >= 4 is 11.6 Å². The number of aromatic amines is 1. The molecule has 3 heterocycles. The third-order valence-electron chi connectivity index (χ3n) is 4.47. The van der Waals surface area contributed by atoms with Crippen LogP contribution in [0.4, 0.5) is 5.69 Å². The number of aromatic nitrogens is 3. The number of nitro groups is 1. The number of ether oxygens (including phenoxy) is 1. The molecule has 3 aromatic rings. The fraction of sp³-hybridized carbons (Fsp3) is 0.111. The largest absolute Gasteiger partial charge is 0.422 e. The number of nitro benzene ring substituents is 1. The number of H-pyrrole nitrogens is 1. The van der Waals surface area contributed by atoms with E-state index in [-0.39, 0.29) is 17.5 Å². The molecule has 0 radical (unpaired) electrons. The van der Waals surface area contributed by atoms with Crippen molar-refractivity contribution in [1.82, 2.24) is 15.2 Å². The number of non-ortho nitro benzene ring substituents is 1. The third kappa shape index (κ3) is 2.69. The van der Waals surface area contributed by atoms with E-state index in [1.54, 1.807) is 36.7 Å². The smallest absolute Gasteiger partial charge is 0.269 e. The first-order chi connectivity index (χ1) is 13.1. The quantitative estimate of drug-likeness (QED) is 0.543. The SMILES string of the molecule is N#CC1C(=N)Oc2n[nH]c(-c3ccc([N+](=O)[O-])cc3)c2C1c1ccncc1. The first-order valence-electron chi connectivity index (χ1n) is 7.99. The number of nitriles is 1. The summed E-state index contributed by atoms with van der Waals surface area (Å²) in [4.78, 5) is 14.4. The van der Waals surface area contributed by atoms with Crippen molar-refractivity contribution in [3.8, 4) is 23.2 Å². The fourth-order valence-electron chi connectivity index (χ4n) is 3.22. The molecule has 9 heteroatoms. The van der Waals surface area contributed by atoms with Gasteiger partial charge in [-0.1, -0.05) is 0 Å². The molecule has 0 bridgehead atoms. The van der Waals surface area contributed by atoms with E-state index in [9.17, 15) is 15.4 Å². The summed E-state index contributed by atoms with van der Waals surface area (Å²) in [5, 5.41) is 35.6. The summed E-state index contributed by atoms with van der Waals surface area (Å²) in [6, 6.07) is 11.7. The van der Waals surface area contributed by atoms with Crippen LogP contribution in [0, 0.1) is 32.8 Å². The van der Waals surface area contributed by atoms with Gasteiger partial charge in [0.15, 0.2) is 0 Å². The van der Waals surface area contributed by atoms with Crippen molar-refractivity contribution in [3.63, 3.8) is 0 Å². The minimum Gasteiger partial charge on any atom is -0.422 e. The molecule has 27 heavy (non-hydrogen) atoms. The maximum absolute atomic E-state index is 10.9. The number of rotatable bonds is 3. The van der Waals surface area contributed by atoms with E-state index in [1.165, 1.54) is 12.1 Å². The van der Waals surface area contributed by atoms with Crippen LogP contribution in [0.3, 0.4) is 0 Å². The van der Waals surface area contributed by atoms with Gasteiger partial charge in [0.1, 0.15) is 5.92 Å². The van der Waals surface area contributed by atoms with Crippen LogP contribution < -0.4 is 4.74 Å². The second-order valence-electron chi connectivity index (χ2n) is 5.95. The molecule has 4 rings (SSSR count). The van der Waals surface area contributed by atoms with Gasteiger partial charge in [-0.15, -0.1) is 5.10 Å². The van der Waals surface area contributed by atoms with Gasteiger partial charge in [-0.05, 0) is 29.8 Å². The highest BCUT2D eigenvalue weighted by atomic mass is 16.6. The monoisotopic (exact) mass is 360 g/mol. The van der Waals surface area contributed by atoms with E-state index in [1.807, 2.05) is 0 Å². The average molecular weight is 360 g/mol. The van der Waals surface area contributed by atoms with Crippen LogP contribution in [0.25, 0.3) is 11.3 Å². The predicted molar refractivity (Wildman–Crippen MR) is 94.2 cm³/mol. The zero-order valence-electron chi connectivity index (χ0n) is 13.8. The molecule has 2 atom stereocenters. The molecular weight excluding hydrogens is 348 g/mol. The Hall–Kier alpha value is -4.06. The topological polar surface area (TPSA) is 142 Å². The van der Waals surface area contributed by atoms with Crippen LogP contribution in [0.2, 0.25) is 0 Å². The van der Waals surface area contributed by atoms with E-state index in [4.69, 9.17) is 10.1 Å². The standard InChI is InChI=1S/C18H12N6O3/c19-9-13-14(10-5-7-21-8-6-10)15-16(22-23-18(15)27-17(13)20)11-1-3-12(4-2-11)24(25)26/h1-8,13-14,20H,(H,22,23). The zero-order chi connectivity index (χ0) is 19.0. The highest BCUT2D eigenvalue weighted by Crippen LogP contribution is 2.45. The molecule has 9 nitrogen and oxygen atoms in total. The Morgan fingerprint density at radius 3 is 2.56 bits per heavy atom. The van der Waals surface area contributed by atoms with Crippen molar-refractivity contribution in [2.75, 3.05) is 0 Å². The Morgan fingerprint density at radius 1 is 1.22 bits per heavy atom. The van der Waals surface area contributed by atoms with Gasteiger partial charge in [0.05, 0.1) is 22.2 Å². The minimum atomic E-state index is -0.825. The van der Waals surface area contributed by atoms with Crippen LogP contribution in [0.1, 0.15) is 17.0 Å². The highest BCUT2D eigenvalue weighted by Gasteiger charge is 2.40. The molecule has 2 unspecified atom stereocenters. The second-order valence-corrected chi connectivity index (χ2v) is 5.95. The number of pyridine rings is 1.